The molecular formula is C19H20ClNO3S. The van der Waals surface area contributed by atoms with Gasteiger partial charge in [-0.05, 0) is 48.7 Å². The minimum absolute atomic E-state index is 0.0732. The Morgan fingerprint density at radius 1 is 1.08 bits per heavy atom. The van der Waals surface area contributed by atoms with Crippen LogP contribution in [0.25, 0.3) is 5.57 Å². The fraction of sp³-hybridized carbons (Fsp3) is 0.263. The predicted molar refractivity (Wildman–Crippen MR) is 100.0 cm³/mol. The molecule has 1 N–H and O–H groups in total. The summed E-state index contributed by atoms with van der Waals surface area (Å²) in [6.07, 6.45) is 1.58. The molecule has 2 aromatic carbocycles. The molecule has 0 bridgehead atoms. The molecular weight excluding hydrogens is 358 g/mol. The second kappa shape index (κ2) is 7.30. The molecule has 0 aromatic heterocycles. The van der Waals surface area contributed by atoms with Gasteiger partial charge in [0.15, 0.2) is 0 Å². The van der Waals surface area contributed by atoms with Crippen molar-refractivity contribution in [3.8, 4) is 0 Å². The van der Waals surface area contributed by atoms with E-state index in [1.807, 2.05) is 25.1 Å². The van der Waals surface area contributed by atoms with E-state index < -0.39 is 16.1 Å². The maximum atomic E-state index is 13.0. The fourth-order valence-electron chi connectivity index (χ4n) is 2.82. The lowest BCUT2D eigenvalue weighted by atomic mass is 10.1. The first-order valence-electron chi connectivity index (χ1n) is 8.06. The van der Waals surface area contributed by atoms with Gasteiger partial charge >= 0.3 is 0 Å². The van der Waals surface area contributed by atoms with Crippen LogP contribution in [0.1, 0.15) is 17.5 Å². The van der Waals surface area contributed by atoms with Crippen LogP contribution in [0.15, 0.2) is 59.5 Å². The summed E-state index contributed by atoms with van der Waals surface area (Å²) < 4.78 is 27.3. The van der Waals surface area contributed by atoms with E-state index in [1.54, 1.807) is 36.4 Å². The van der Waals surface area contributed by atoms with Crippen LogP contribution in [-0.2, 0) is 10.0 Å². The number of hydrogen-bond donors (Lipinski definition) is 1. The normalized spacial score (nSPS) is 19.3. The molecule has 3 rings (SSSR count). The van der Waals surface area contributed by atoms with E-state index in [0.717, 1.165) is 16.7 Å². The molecule has 0 amide bonds. The summed E-state index contributed by atoms with van der Waals surface area (Å²) in [7, 11) is -3.68. The Kier molecular flexibility index (Phi) is 5.29. The average molecular weight is 378 g/mol. The van der Waals surface area contributed by atoms with Gasteiger partial charge in [0.05, 0.1) is 11.0 Å². The monoisotopic (exact) mass is 377 g/mol. The van der Waals surface area contributed by atoms with Crippen LogP contribution in [0.3, 0.4) is 0 Å². The number of nitrogens with zero attached hydrogens (tertiary/aromatic N) is 1. The lowest BCUT2D eigenvalue weighted by molar-refractivity contribution is 0.155. The predicted octanol–water partition coefficient (Wildman–Crippen LogP) is 3.49. The maximum Gasteiger partial charge on any atom is 0.243 e. The Morgan fingerprint density at radius 3 is 2.36 bits per heavy atom. The molecule has 4 nitrogen and oxygen atoms in total. The molecule has 1 aliphatic rings. The number of aliphatic hydroxyl groups excluding tert-OH is 1. The Morgan fingerprint density at radius 2 is 1.72 bits per heavy atom. The van der Waals surface area contributed by atoms with Crippen molar-refractivity contribution in [2.75, 3.05) is 13.1 Å². The third-order valence-corrected chi connectivity index (χ3v) is 6.35. The highest BCUT2D eigenvalue weighted by atomic mass is 35.5. The first-order valence-corrected chi connectivity index (χ1v) is 9.88. The second-order valence-corrected chi connectivity index (χ2v) is 8.61. The number of aryl methyl sites for hydroxylation is 1. The first kappa shape index (κ1) is 18.1. The van der Waals surface area contributed by atoms with Gasteiger partial charge in [0.25, 0.3) is 0 Å². The molecule has 0 aliphatic carbocycles. The fourth-order valence-corrected chi connectivity index (χ4v) is 4.40. The number of sulfonamides is 1. The largest absolute Gasteiger partial charge is 0.391 e. The number of aliphatic hydroxyl groups is 1. The SMILES string of the molecule is Cc1ccc(S(=O)(=O)N2CC(c3ccc(Cl)cc3)=CCC(O)C2)cc1. The molecule has 132 valence electrons. The highest BCUT2D eigenvalue weighted by Crippen LogP contribution is 2.26. The van der Waals surface area contributed by atoms with Crippen molar-refractivity contribution in [1.29, 1.82) is 0 Å². The van der Waals surface area contributed by atoms with Gasteiger partial charge in [-0.3, -0.25) is 0 Å². The van der Waals surface area contributed by atoms with Gasteiger partial charge in [0.1, 0.15) is 0 Å². The van der Waals surface area contributed by atoms with E-state index in [-0.39, 0.29) is 18.0 Å². The van der Waals surface area contributed by atoms with Gasteiger partial charge < -0.3 is 5.11 Å². The Hall–Kier alpha value is -1.66. The standard InChI is InChI=1S/C19H20ClNO3S/c1-14-2-10-19(11-3-14)25(23,24)21-12-16(6-9-18(22)13-21)15-4-7-17(20)8-5-15/h2-8,10-11,18,22H,9,12-13H2,1H3. The molecule has 2 aromatic rings. The lowest BCUT2D eigenvalue weighted by Gasteiger charge is -2.23. The first-order chi connectivity index (χ1) is 11.9. The number of β-amino-alcohol motifs (C(OH)–C–C–N with tert-alkyl or cyclic N) is 1. The Balaban J connectivity index is 1.94. The smallest absolute Gasteiger partial charge is 0.243 e. The zero-order valence-electron chi connectivity index (χ0n) is 13.9. The quantitative estimate of drug-likeness (QED) is 0.890. The van der Waals surface area contributed by atoms with Crippen LogP contribution in [0.2, 0.25) is 5.02 Å². The van der Waals surface area contributed by atoms with Crippen molar-refractivity contribution in [3.05, 3.63) is 70.8 Å². The van der Waals surface area contributed by atoms with E-state index in [2.05, 4.69) is 0 Å². The minimum Gasteiger partial charge on any atom is -0.391 e. The zero-order valence-corrected chi connectivity index (χ0v) is 15.5. The van der Waals surface area contributed by atoms with Crippen LogP contribution >= 0.6 is 11.6 Å². The van der Waals surface area contributed by atoms with Crippen molar-refractivity contribution in [1.82, 2.24) is 4.31 Å². The van der Waals surface area contributed by atoms with E-state index in [4.69, 9.17) is 11.6 Å². The molecule has 25 heavy (non-hydrogen) atoms. The number of benzene rings is 2. The van der Waals surface area contributed by atoms with Gasteiger partial charge in [-0.2, -0.15) is 4.31 Å². The molecule has 6 heteroatoms. The third kappa shape index (κ3) is 4.12. The molecule has 0 saturated carbocycles. The molecule has 1 unspecified atom stereocenters. The number of hydrogen-bond acceptors (Lipinski definition) is 3. The van der Waals surface area contributed by atoms with Crippen molar-refractivity contribution in [2.24, 2.45) is 0 Å². The summed E-state index contributed by atoms with van der Waals surface area (Å²) in [5.74, 6) is 0. The highest BCUT2D eigenvalue weighted by Gasteiger charge is 2.29. The molecule has 1 heterocycles. The summed E-state index contributed by atoms with van der Waals surface area (Å²) in [6, 6.07) is 14.0. The minimum atomic E-state index is -3.68. The lowest BCUT2D eigenvalue weighted by Crippen LogP contribution is -2.37. The summed E-state index contributed by atoms with van der Waals surface area (Å²) in [4.78, 5) is 0.239. The summed E-state index contributed by atoms with van der Waals surface area (Å²) >= 11 is 5.93. The Labute approximate surface area is 153 Å². The average Bonchev–Trinajstić information content (AvgIpc) is 2.78. The van der Waals surface area contributed by atoms with Crippen LogP contribution < -0.4 is 0 Å². The van der Waals surface area contributed by atoms with Gasteiger partial charge in [-0.25, -0.2) is 8.42 Å². The van der Waals surface area contributed by atoms with Gasteiger partial charge in [-0.1, -0.05) is 47.5 Å². The summed E-state index contributed by atoms with van der Waals surface area (Å²) in [5.41, 5.74) is 2.77. The van der Waals surface area contributed by atoms with E-state index >= 15 is 0 Å². The van der Waals surface area contributed by atoms with E-state index in [1.165, 1.54) is 4.31 Å². The van der Waals surface area contributed by atoms with Crippen LogP contribution in [0.4, 0.5) is 0 Å². The van der Waals surface area contributed by atoms with Crippen molar-refractivity contribution in [2.45, 2.75) is 24.3 Å². The van der Waals surface area contributed by atoms with Gasteiger partial charge in [-0.15, -0.1) is 0 Å². The van der Waals surface area contributed by atoms with Gasteiger partial charge in [0.2, 0.25) is 10.0 Å². The second-order valence-electron chi connectivity index (χ2n) is 6.24. The molecule has 0 saturated heterocycles. The summed E-state index contributed by atoms with van der Waals surface area (Å²) in [5, 5.41) is 10.8. The molecule has 0 radical (unpaired) electrons. The molecule has 1 atom stereocenters. The Bertz CT molecular complexity index is 874. The van der Waals surface area contributed by atoms with Crippen molar-refractivity contribution >= 4 is 27.2 Å². The zero-order chi connectivity index (χ0) is 18.0. The van der Waals surface area contributed by atoms with Crippen molar-refractivity contribution in [3.63, 3.8) is 0 Å². The van der Waals surface area contributed by atoms with Gasteiger partial charge in [0, 0.05) is 18.1 Å². The summed E-state index contributed by atoms with van der Waals surface area (Å²) in [6.45, 7) is 2.20. The van der Waals surface area contributed by atoms with E-state index in [0.29, 0.717) is 11.4 Å². The maximum absolute atomic E-state index is 13.0. The topological polar surface area (TPSA) is 57.6 Å². The number of halogens is 1. The molecule has 0 spiro atoms. The van der Waals surface area contributed by atoms with Crippen LogP contribution in [0, 0.1) is 6.92 Å². The van der Waals surface area contributed by atoms with Crippen LogP contribution in [-0.4, -0.2) is 37.0 Å². The van der Waals surface area contributed by atoms with Crippen molar-refractivity contribution < 1.29 is 13.5 Å². The molecule has 0 fully saturated rings. The van der Waals surface area contributed by atoms with Crippen LogP contribution in [0.5, 0.6) is 0 Å². The molecule has 1 aliphatic heterocycles. The highest BCUT2D eigenvalue weighted by molar-refractivity contribution is 7.89. The third-order valence-electron chi connectivity index (χ3n) is 4.27. The number of rotatable bonds is 3. The van der Waals surface area contributed by atoms with E-state index in [9.17, 15) is 13.5 Å².